The third-order valence-electron chi connectivity index (χ3n) is 2.32. The van der Waals surface area contributed by atoms with E-state index in [1.807, 2.05) is 0 Å². The molecular formula is C12H11F2N3OS. The van der Waals surface area contributed by atoms with Crippen molar-refractivity contribution in [3.63, 3.8) is 0 Å². The molecule has 1 aromatic carbocycles. The number of nitrogens with zero attached hydrogens (tertiary/aromatic N) is 2. The van der Waals surface area contributed by atoms with Crippen LogP contribution in [-0.4, -0.2) is 24.1 Å². The van der Waals surface area contributed by atoms with Gasteiger partial charge in [-0.25, -0.2) is 18.7 Å². The Hall–Kier alpha value is -1.89. The van der Waals surface area contributed by atoms with E-state index in [2.05, 4.69) is 15.3 Å². The number of halogens is 2. The summed E-state index contributed by atoms with van der Waals surface area (Å²) >= 11 is 1.17. The number of aromatic nitrogens is 2. The summed E-state index contributed by atoms with van der Waals surface area (Å²) in [5.41, 5.74) is 0. The molecule has 1 N–H and O–H groups in total. The summed E-state index contributed by atoms with van der Waals surface area (Å²) in [5, 5.41) is 3.39. The Bertz CT molecular complexity index is 595. The molecule has 1 aromatic heterocycles. The van der Waals surface area contributed by atoms with Gasteiger partial charge in [0.15, 0.2) is 23.2 Å². The highest BCUT2D eigenvalue weighted by Crippen LogP contribution is 2.36. The smallest absolute Gasteiger partial charge is 0.194 e. The van der Waals surface area contributed by atoms with Crippen LogP contribution in [0.25, 0.3) is 0 Å². The minimum Gasteiger partial charge on any atom is -0.490 e. The lowest BCUT2D eigenvalue weighted by atomic mass is 10.3. The maximum Gasteiger partial charge on any atom is 0.194 e. The molecule has 0 saturated heterocycles. The summed E-state index contributed by atoms with van der Waals surface area (Å²) in [7, 11) is 3.20. The molecule has 2 aromatic rings. The lowest BCUT2D eigenvalue weighted by Crippen LogP contribution is -1.99. The first-order valence-corrected chi connectivity index (χ1v) is 6.17. The number of hydrogen-bond acceptors (Lipinski definition) is 5. The Morgan fingerprint density at radius 2 is 2.00 bits per heavy atom. The van der Waals surface area contributed by atoms with Crippen molar-refractivity contribution in [3.05, 3.63) is 36.2 Å². The summed E-state index contributed by atoms with van der Waals surface area (Å²) in [6.07, 6.45) is 1.37. The summed E-state index contributed by atoms with van der Waals surface area (Å²) in [6.45, 7) is 0. The van der Waals surface area contributed by atoms with Gasteiger partial charge >= 0.3 is 0 Å². The van der Waals surface area contributed by atoms with Gasteiger partial charge in [-0.15, -0.1) is 0 Å². The largest absolute Gasteiger partial charge is 0.490 e. The van der Waals surface area contributed by atoms with Crippen molar-refractivity contribution in [2.75, 3.05) is 19.5 Å². The molecule has 0 fully saturated rings. The van der Waals surface area contributed by atoms with Crippen molar-refractivity contribution < 1.29 is 13.5 Å². The molecule has 0 amide bonds. The molecular weight excluding hydrogens is 272 g/mol. The van der Waals surface area contributed by atoms with Crippen LogP contribution in [0.4, 0.5) is 14.6 Å². The maximum atomic E-state index is 13.1. The Labute approximate surface area is 113 Å². The third kappa shape index (κ3) is 2.93. The second kappa shape index (κ2) is 5.83. The van der Waals surface area contributed by atoms with E-state index in [-0.39, 0.29) is 0 Å². The van der Waals surface area contributed by atoms with Gasteiger partial charge in [0.25, 0.3) is 0 Å². The van der Waals surface area contributed by atoms with Crippen LogP contribution in [0.3, 0.4) is 0 Å². The second-order valence-electron chi connectivity index (χ2n) is 3.49. The van der Waals surface area contributed by atoms with Crippen molar-refractivity contribution >= 4 is 17.6 Å². The first-order chi connectivity index (χ1) is 9.15. The topological polar surface area (TPSA) is 47.0 Å². The van der Waals surface area contributed by atoms with Crippen molar-refractivity contribution in [2.45, 2.75) is 9.92 Å². The minimum atomic E-state index is -0.896. The predicted octanol–water partition coefficient (Wildman–Crippen LogP) is 2.96. The Kier molecular flexibility index (Phi) is 4.16. The third-order valence-corrected chi connectivity index (χ3v) is 3.29. The lowest BCUT2D eigenvalue weighted by Gasteiger charge is -2.10. The first-order valence-electron chi connectivity index (χ1n) is 5.35. The predicted molar refractivity (Wildman–Crippen MR) is 68.6 cm³/mol. The molecule has 0 aliphatic heterocycles. The summed E-state index contributed by atoms with van der Waals surface area (Å²) in [6, 6.07) is 3.66. The Morgan fingerprint density at radius 1 is 1.21 bits per heavy atom. The number of benzene rings is 1. The van der Waals surface area contributed by atoms with E-state index in [0.29, 0.717) is 21.5 Å². The average Bonchev–Trinajstić information content (AvgIpc) is 2.42. The van der Waals surface area contributed by atoms with Gasteiger partial charge in [0.1, 0.15) is 11.4 Å². The maximum absolute atomic E-state index is 13.1. The SMILES string of the molecule is CNc1ncnc(Sc2ccc(F)c(F)c2)c1OC. The zero-order chi connectivity index (χ0) is 13.8. The Morgan fingerprint density at radius 3 is 2.63 bits per heavy atom. The van der Waals surface area contributed by atoms with Gasteiger partial charge in [0.2, 0.25) is 0 Å². The van der Waals surface area contributed by atoms with Crippen LogP contribution in [0.1, 0.15) is 0 Å². The molecule has 19 heavy (non-hydrogen) atoms. The molecule has 0 radical (unpaired) electrons. The summed E-state index contributed by atoms with van der Waals surface area (Å²) in [5.74, 6) is -0.788. The van der Waals surface area contributed by atoms with Crippen LogP contribution in [-0.2, 0) is 0 Å². The minimum absolute atomic E-state index is 0.458. The van der Waals surface area contributed by atoms with Crippen LogP contribution in [0.5, 0.6) is 5.75 Å². The molecule has 0 bridgehead atoms. The average molecular weight is 283 g/mol. The highest BCUT2D eigenvalue weighted by atomic mass is 32.2. The van der Waals surface area contributed by atoms with E-state index in [9.17, 15) is 8.78 Å². The zero-order valence-corrected chi connectivity index (χ0v) is 11.1. The van der Waals surface area contributed by atoms with Crippen LogP contribution < -0.4 is 10.1 Å². The van der Waals surface area contributed by atoms with Crippen molar-refractivity contribution in [2.24, 2.45) is 0 Å². The van der Waals surface area contributed by atoms with Gasteiger partial charge in [0, 0.05) is 11.9 Å². The molecule has 0 unspecified atom stereocenters. The van der Waals surface area contributed by atoms with Crippen LogP contribution in [0.15, 0.2) is 34.4 Å². The fourth-order valence-electron chi connectivity index (χ4n) is 1.44. The molecule has 0 atom stereocenters. The molecule has 0 aliphatic carbocycles. The van der Waals surface area contributed by atoms with Gasteiger partial charge in [-0.1, -0.05) is 11.8 Å². The van der Waals surface area contributed by atoms with Gasteiger partial charge in [-0.2, -0.15) is 0 Å². The van der Waals surface area contributed by atoms with Gasteiger partial charge < -0.3 is 10.1 Å². The van der Waals surface area contributed by atoms with E-state index >= 15 is 0 Å². The van der Waals surface area contributed by atoms with E-state index in [1.165, 1.54) is 31.3 Å². The number of nitrogens with one attached hydrogen (secondary N) is 1. The molecule has 0 aliphatic rings. The van der Waals surface area contributed by atoms with Crippen LogP contribution >= 0.6 is 11.8 Å². The Balaban J connectivity index is 2.35. The highest BCUT2D eigenvalue weighted by Gasteiger charge is 2.13. The monoisotopic (exact) mass is 283 g/mol. The summed E-state index contributed by atoms with van der Waals surface area (Å²) < 4.78 is 31.2. The number of hydrogen-bond donors (Lipinski definition) is 1. The second-order valence-corrected chi connectivity index (χ2v) is 4.55. The fourth-order valence-corrected chi connectivity index (χ4v) is 2.34. The van der Waals surface area contributed by atoms with E-state index in [0.717, 1.165) is 12.1 Å². The first kappa shape index (κ1) is 13.5. The lowest BCUT2D eigenvalue weighted by molar-refractivity contribution is 0.400. The van der Waals surface area contributed by atoms with Crippen molar-refractivity contribution in [1.82, 2.24) is 9.97 Å². The van der Waals surface area contributed by atoms with E-state index in [4.69, 9.17) is 4.74 Å². The molecule has 7 heteroatoms. The highest BCUT2D eigenvalue weighted by molar-refractivity contribution is 7.99. The summed E-state index contributed by atoms with van der Waals surface area (Å²) in [4.78, 5) is 8.61. The fraction of sp³-hybridized carbons (Fsp3) is 0.167. The quantitative estimate of drug-likeness (QED) is 0.874. The molecule has 2 rings (SSSR count). The number of anilines is 1. The molecule has 1 heterocycles. The van der Waals surface area contributed by atoms with Gasteiger partial charge in [-0.3, -0.25) is 0 Å². The molecule has 0 saturated carbocycles. The van der Waals surface area contributed by atoms with Crippen molar-refractivity contribution in [3.8, 4) is 5.75 Å². The van der Waals surface area contributed by atoms with Crippen molar-refractivity contribution in [1.29, 1.82) is 0 Å². The normalized spacial score (nSPS) is 10.3. The number of rotatable bonds is 4. The number of ether oxygens (including phenoxy) is 1. The van der Waals surface area contributed by atoms with E-state index in [1.54, 1.807) is 7.05 Å². The zero-order valence-electron chi connectivity index (χ0n) is 10.3. The number of methoxy groups -OCH3 is 1. The van der Waals surface area contributed by atoms with Crippen LogP contribution in [0.2, 0.25) is 0 Å². The molecule has 4 nitrogen and oxygen atoms in total. The standard InChI is InChI=1S/C12H11F2N3OS/c1-15-11-10(18-2)12(17-6-16-11)19-7-3-4-8(13)9(14)5-7/h3-6H,1-2H3,(H,15,16,17). The van der Waals surface area contributed by atoms with Gasteiger partial charge in [-0.05, 0) is 18.2 Å². The molecule has 100 valence electrons. The molecule has 0 spiro atoms. The van der Waals surface area contributed by atoms with Crippen LogP contribution in [0, 0.1) is 11.6 Å². The van der Waals surface area contributed by atoms with Gasteiger partial charge in [0.05, 0.1) is 7.11 Å². The van der Waals surface area contributed by atoms with E-state index < -0.39 is 11.6 Å².